The van der Waals surface area contributed by atoms with Crippen molar-refractivity contribution < 1.29 is 73.8 Å². The van der Waals surface area contributed by atoms with Crippen molar-refractivity contribution in [3.8, 4) is 0 Å². The van der Waals surface area contributed by atoms with Crippen LogP contribution in [0.3, 0.4) is 0 Å². The summed E-state index contributed by atoms with van der Waals surface area (Å²) in [6.07, 6.45) is 23.4. The second-order valence-electron chi connectivity index (χ2n) is 18.7. The van der Waals surface area contributed by atoms with Gasteiger partial charge in [0.05, 0.1) is 19.8 Å². The Hall–Kier alpha value is -2.02. The van der Waals surface area contributed by atoms with E-state index in [9.17, 15) is 45.3 Å². The monoisotopic (exact) mass is 959 g/mol. The molecular formula is C52H94O15. The van der Waals surface area contributed by atoms with E-state index in [2.05, 4.69) is 38.2 Å². The third-order valence-electron chi connectivity index (χ3n) is 12.7. The van der Waals surface area contributed by atoms with Gasteiger partial charge in [0.1, 0.15) is 55.4 Å². The van der Waals surface area contributed by atoms with E-state index >= 15 is 0 Å². The van der Waals surface area contributed by atoms with Crippen molar-refractivity contribution in [2.75, 3.05) is 26.4 Å². The second-order valence-corrected chi connectivity index (χ2v) is 18.7. The first kappa shape index (κ1) is 61.1. The van der Waals surface area contributed by atoms with Gasteiger partial charge >= 0.3 is 11.9 Å². The van der Waals surface area contributed by atoms with Crippen LogP contribution < -0.4 is 0 Å². The molecule has 7 N–H and O–H groups in total. The number of aliphatic hydroxyl groups is 7. The van der Waals surface area contributed by atoms with Gasteiger partial charge in [0.25, 0.3) is 0 Å². The van der Waals surface area contributed by atoms with Crippen LogP contribution in [0, 0.1) is 0 Å². The van der Waals surface area contributed by atoms with E-state index in [1.165, 1.54) is 103 Å². The lowest BCUT2D eigenvalue weighted by molar-refractivity contribution is -0.332. The zero-order valence-electron chi connectivity index (χ0n) is 41.4. The molecule has 15 nitrogen and oxygen atoms in total. The summed E-state index contributed by atoms with van der Waals surface area (Å²) >= 11 is 0. The van der Waals surface area contributed by atoms with Crippen molar-refractivity contribution in [1.29, 1.82) is 0 Å². The summed E-state index contributed by atoms with van der Waals surface area (Å²) in [6.45, 7) is 2.57. The van der Waals surface area contributed by atoms with Crippen LogP contribution in [-0.4, -0.2) is 142 Å². The molecule has 0 amide bonds. The largest absolute Gasteiger partial charge is 0.462 e. The molecule has 2 aliphatic rings. The minimum absolute atomic E-state index is 0.150. The average Bonchev–Trinajstić information content (AvgIpc) is 3.32. The van der Waals surface area contributed by atoms with Gasteiger partial charge in [0.2, 0.25) is 0 Å². The molecule has 0 aromatic rings. The van der Waals surface area contributed by atoms with Crippen LogP contribution in [0.2, 0.25) is 0 Å². The third kappa shape index (κ3) is 27.8. The highest BCUT2D eigenvalue weighted by atomic mass is 16.7. The lowest BCUT2D eigenvalue weighted by Gasteiger charge is -2.42. The average molecular weight is 959 g/mol. The zero-order valence-corrected chi connectivity index (χ0v) is 41.4. The molecule has 392 valence electrons. The van der Waals surface area contributed by atoms with E-state index in [1.807, 2.05) is 0 Å². The van der Waals surface area contributed by atoms with Gasteiger partial charge in [-0.05, 0) is 38.5 Å². The fourth-order valence-corrected chi connectivity index (χ4v) is 8.33. The van der Waals surface area contributed by atoms with Crippen LogP contribution in [0.15, 0.2) is 24.3 Å². The fraction of sp³-hybridized carbons (Fsp3) is 0.885. The van der Waals surface area contributed by atoms with Gasteiger partial charge in [-0.25, -0.2) is 0 Å². The van der Waals surface area contributed by atoms with E-state index in [0.717, 1.165) is 57.8 Å². The van der Waals surface area contributed by atoms with E-state index in [0.29, 0.717) is 12.8 Å². The molecule has 2 aliphatic heterocycles. The summed E-state index contributed by atoms with van der Waals surface area (Å²) in [5.74, 6) is -0.934. The number of carbonyl (C=O) groups excluding carboxylic acids is 2. The Morgan fingerprint density at radius 1 is 0.478 bits per heavy atom. The highest BCUT2D eigenvalue weighted by Gasteiger charge is 2.47. The fourth-order valence-electron chi connectivity index (χ4n) is 8.33. The number of esters is 2. The van der Waals surface area contributed by atoms with E-state index in [4.69, 9.17) is 28.4 Å². The van der Waals surface area contributed by atoms with Crippen LogP contribution in [-0.2, 0) is 38.0 Å². The van der Waals surface area contributed by atoms with Crippen LogP contribution in [0.25, 0.3) is 0 Å². The van der Waals surface area contributed by atoms with Crippen LogP contribution >= 0.6 is 0 Å². The van der Waals surface area contributed by atoms with Crippen molar-refractivity contribution in [3.63, 3.8) is 0 Å². The molecule has 67 heavy (non-hydrogen) atoms. The molecule has 0 bridgehead atoms. The minimum Gasteiger partial charge on any atom is -0.462 e. The Kier molecular flexibility index (Phi) is 36.2. The number of aliphatic hydroxyl groups excluding tert-OH is 7. The normalized spacial score (nSPS) is 26.1. The summed E-state index contributed by atoms with van der Waals surface area (Å²) in [5.41, 5.74) is 0. The highest BCUT2D eigenvalue weighted by Crippen LogP contribution is 2.26. The molecule has 4 unspecified atom stereocenters. The van der Waals surface area contributed by atoms with Crippen molar-refractivity contribution in [2.45, 2.75) is 268 Å². The lowest BCUT2D eigenvalue weighted by atomic mass is 9.98. The number of carbonyl (C=O) groups is 2. The number of ether oxygens (including phenoxy) is 6. The molecule has 0 radical (unpaired) electrons. The predicted molar refractivity (Wildman–Crippen MR) is 257 cm³/mol. The third-order valence-corrected chi connectivity index (χ3v) is 12.7. The minimum atomic E-state index is -1.77. The lowest BCUT2D eigenvalue weighted by Crippen LogP contribution is -2.61. The molecule has 0 aliphatic carbocycles. The summed E-state index contributed by atoms with van der Waals surface area (Å²) in [6, 6.07) is 0. The number of unbranched alkanes of at least 4 members (excludes halogenated alkanes) is 24. The topological polar surface area (TPSA) is 231 Å². The van der Waals surface area contributed by atoms with Gasteiger partial charge in [0.15, 0.2) is 18.7 Å². The maximum atomic E-state index is 13.0. The molecule has 2 rings (SSSR count). The van der Waals surface area contributed by atoms with Gasteiger partial charge in [-0.1, -0.05) is 173 Å². The van der Waals surface area contributed by atoms with Gasteiger partial charge < -0.3 is 64.2 Å². The summed E-state index contributed by atoms with van der Waals surface area (Å²) in [5, 5.41) is 72.1. The van der Waals surface area contributed by atoms with E-state index in [-0.39, 0.29) is 26.1 Å². The Balaban J connectivity index is 1.80. The number of hydrogen-bond acceptors (Lipinski definition) is 15. The number of allylic oxidation sites excluding steroid dienone is 4. The molecule has 0 spiro atoms. The molecule has 2 saturated heterocycles. The molecule has 0 aromatic carbocycles. The molecule has 15 heteroatoms. The Morgan fingerprint density at radius 3 is 1.37 bits per heavy atom. The first-order valence-electron chi connectivity index (χ1n) is 26.4. The van der Waals surface area contributed by atoms with Crippen molar-refractivity contribution in [3.05, 3.63) is 24.3 Å². The van der Waals surface area contributed by atoms with Gasteiger partial charge in [-0.15, -0.1) is 0 Å². The Morgan fingerprint density at radius 2 is 0.881 bits per heavy atom. The van der Waals surface area contributed by atoms with Gasteiger partial charge in [0, 0.05) is 12.8 Å². The quantitative estimate of drug-likeness (QED) is 0.0178. The van der Waals surface area contributed by atoms with Gasteiger partial charge in [-0.3, -0.25) is 9.59 Å². The van der Waals surface area contributed by atoms with Crippen LogP contribution in [0.4, 0.5) is 0 Å². The van der Waals surface area contributed by atoms with Crippen molar-refractivity contribution in [2.24, 2.45) is 0 Å². The zero-order chi connectivity index (χ0) is 48.9. The Labute approximate surface area is 403 Å². The highest BCUT2D eigenvalue weighted by molar-refractivity contribution is 5.70. The maximum absolute atomic E-state index is 13.0. The Bertz CT molecular complexity index is 1270. The number of rotatable bonds is 41. The molecule has 2 heterocycles. The smallest absolute Gasteiger partial charge is 0.306 e. The van der Waals surface area contributed by atoms with Crippen molar-refractivity contribution >= 4 is 11.9 Å². The number of hydrogen-bond donors (Lipinski definition) is 7. The first-order chi connectivity index (χ1) is 32.5. The second kappa shape index (κ2) is 39.7. The molecule has 0 saturated carbocycles. The molecule has 2 fully saturated rings. The standard InChI is InChI=1S/C52H94O15/c1-3-5-7-9-11-13-15-17-19-21-22-24-26-28-30-32-34-43(54)62-37-40(65-44(55)35-33-31-29-27-25-23-20-18-16-14-12-10-8-6-4-2)38-63-51-50(61)48(59)46(57)42(67-51)39-64-52-49(60)47(58)45(56)41(36-53)66-52/h14,16,18,20,40-42,45-53,56-61H,3-13,15,17,19,21-39H2,1-2H3/b16-14+,20-18+/t40-,41+,42+,45-,46-,47?,48?,49?,50?,51+,52+/m0/s1. The van der Waals surface area contributed by atoms with Crippen molar-refractivity contribution in [1.82, 2.24) is 0 Å². The molecule has 0 aromatic heterocycles. The summed E-state index contributed by atoms with van der Waals surface area (Å²) in [4.78, 5) is 25.8. The summed E-state index contributed by atoms with van der Waals surface area (Å²) < 4.78 is 33.6. The SMILES string of the molecule is CCCCCC/C=C/C=C/CCCCCCCC(=O)O[C@@H](COC(=O)CCCCCCCCCCCCCCCCCC)CO[C@@H]1O[C@H](CO[C@@H]2O[C@H](CO)[C@H](O)C(O)C2O)[C@H](O)C(O)C1O. The predicted octanol–water partition coefficient (Wildman–Crippen LogP) is 7.55. The maximum Gasteiger partial charge on any atom is 0.306 e. The molecular weight excluding hydrogens is 865 g/mol. The first-order valence-corrected chi connectivity index (χ1v) is 26.4. The van der Waals surface area contributed by atoms with Gasteiger partial charge in [-0.2, -0.15) is 0 Å². The van der Waals surface area contributed by atoms with E-state index < -0.39 is 92.7 Å². The summed E-state index contributed by atoms with van der Waals surface area (Å²) in [7, 11) is 0. The van der Waals surface area contributed by atoms with Crippen LogP contribution in [0.1, 0.15) is 200 Å². The molecule has 11 atom stereocenters. The van der Waals surface area contributed by atoms with Crippen LogP contribution in [0.5, 0.6) is 0 Å². The van der Waals surface area contributed by atoms with E-state index in [1.54, 1.807) is 0 Å².